The van der Waals surface area contributed by atoms with Crippen LogP contribution in [0.25, 0.3) is 0 Å². The summed E-state index contributed by atoms with van der Waals surface area (Å²) in [7, 11) is 0. The van der Waals surface area contributed by atoms with Gasteiger partial charge in [0.2, 0.25) is 0 Å². The van der Waals surface area contributed by atoms with Crippen molar-refractivity contribution in [3.05, 3.63) is 65.2 Å². The van der Waals surface area contributed by atoms with Gasteiger partial charge in [0, 0.05) is 17.0 Å². The Morgan fingerprint density at radius 3 is 2.74 bits per heavy atom. The van der Waals surface area contributed by atoms with Crippen molar-refractivity contribution in [3.63, 3.8) is 0 Å². The zero-order valence-corrected chi connectivity index (χ0v) is 14.3. The molecule has 0 aliphatic carbocycles. The molecule has 4 heteroatoms. The third kappa shape index (κ3) is 3.59. The second-order valence-corrected chi connectivity index (χ2v) is 6.58. The molecule has 0 aromatic heterocycles. The topological polar surface area (TPSA) is 29.5 Å². The first-order chi connectivity index (χ1) is 11.2. The first-order valence-corrected chi connectivity index (χ1v) is 9.02. The summed E-state index contributed by atoms with van der Waals surface area (Å²) in [6.07, 6.45) is 1.98. The van der Waals surface area contributed by atoms with Gasteiger partial charge < -0.3 is 9.64 Å². The van der Waals surface area contributed by atoms with Gasteiger partial charge in [0.15, 0.2) is 0 Å². The second-order valence-electron chi connectivity index (χ2n) is 5.70. The minimum Gasteiger partial charge on any atom is -0.370 e. The van der Waals surface area contributed by atoms with Gasteiger partial charge in [-0.1, -0.05) is 36.4 Å². The molecule has 1 heterocycles. The number of aryl methyl sites for hydroxylation is 1. The van der Waals surface area contributed by atoms with Crippen LogP contribution < -0.4 is 0 Å². The van der Waals surface area contributed by atoms with Crippen molar-refractivity contribution in [1.82, 2.24) is 4.90 Å². The van der Waals surface area contributed by atoms with E-state index >= 15 is 0 Å². The number of benzene rings is 2. The van der Waals surface area contributed by atoms with Gasteiger partial charge in [-0.3, -0.25) is 4.79 Å². The number of hydrogen-bond donors (Lipinski definition) is 0. The largest absolute Gasteiger partial charge is 0.370 e. The van der Waals surface area contributed by atoms with Crippen LogP contribution in [0.1, 0.15) is 27.6 Å². The number of nitrogens with zero attached hydrogens (tertiary/aromatic N) is 1. The van der Waals surface area contributed by atoms with E-state index in [-0.39, 0.29) is 12.0 Å². The van der Waals surface area contributed by atoms with Gasteiger partial charge in [-0.05, 0) is 36.4 Å². The lowest BCUT2D eigenvalue weighted by molar-refractivity contribution is -0.0228. The first-order valence-electron chi connectivity index (χ1n) is 7.79. The molecule has 3 nitrogen and oxygen atoms in total. The SMILES string of the molecule is CSc1ccc(C)c(C(=O)N2CCOC(c3ccccc3)C2)c1. The quantitative estimate of drug-likeness (QED) is 0.800. The molecule has 1 amide bonds. The normalized spacial score (nSPS) is 18.0. The van der Waals surface area contributed by atoms with Crippen molar-refractivity contribution >= 4 is 17.7 Å². The Morgan fingerprint density at radius 1 is 1.22 bits per heavy atom. The van der Waals surface area contributed by atoms with Crippen LogP contribution in [-0.4, -0.2) is 36.8 Å². The summed E-state index contributed by atoms with van der Waals surface area (Å²) in [6, 6.07) is 16.2. The standard InChI is InChI=1S/C19H21NO2S/c1-14-8-9-16(23-2)12-17(14)19(21)20-10-11-22-18(13-20)15-6-4-3-5-7-15/h3-9,12,18H,10-11,13H2,1-2H3. The van der Waals surface area contributed by atoms with E-state index in [1.165, 1.54) is 0 Å². The van der Waals surface area contributed by atoms with Crippen LogP contribution >= 0.6 is 11.8 Å². The molecule has 1 unspecified atom stereocenters. The summed E-state index contributed by atoms with van der Waals surface area (Å²) in [5.41, 5.74) is 2.95. The number of carbonyl (C=O) groups is 1. The van der Waals surface area contributed by atoms with E-state index in [9.17, 15) is 4.79 Å². The minimum atomic E-state index is -0.0436. The first kappa shape index (κ1) is 16.1. The van der Waals surface area contributed by atoms with Crippen LogP contribution in [0.4, 0.5) is 0 Å². The van der Waals surface area contributed by atoms with E-state index < -0.39 is 0 Å². The molecule has 1 saturated heterocycles. The van der Waals surface area contributed by atoms with Crippen molar-refractivity contribution in [2.45, 2.75) is 17.9 Å². The highest BCUT2D eigenvalue weighted by Crippen LogP contribution is 2.25. The van der Waals surface area contributed by atoms with Gasteiger partial charge >= 0.3 is 0 Å². The molecule has 23 heavy (non-hydrogen) atoms. The van der Waals surface area contributed by atoms with Gasteiger partial charge in [-0.25, -0.2) is 0 Å². The van der Waals surface area contributed by atoms with Crippen LogP contribution in [0, 0.1) is 6.92 Å². The Bertz CT molecular complexity index is 687. The van der Waals surface area contributed by atoms with Crippen molar-refractivity contribution in [3.8, 4) is 0 Å². The molecular formula is C19H21NO2S. The molecule has 0 spiro atoms. The van der Waals surface area contributed by atoms with Crippen LogP contribution in [0.15, 0.2) is 53.4 Å². The lowest BCUT2D eigenvalue weighted by Gasteiger charge is -2.33. The van der Waals surface area contributed by atoms with Gasteiger partial charge in [-0.2, -0.15) is 0 Å². The van der Waals surface area contributed by atoms with Gasteiger partial charge in [0.05, 0.1) is 13.2 Å². The van der Waals surface area contributed by atoms with E-state index in [0.717, 1.165) is 21.6 Å². The number of carbonyl (C=O) groups excluding carboxylic acids is 1. The Labute approximate surface area is 141 Å². The second kappa shape index (κ2) is 7.20. The monoisotopic (exact) mass is 327 g/mol. The highest BCUT2D eigenvalue weighted by atomic mass is 32.2. The third-order valence-corrected chi connectivity index (χ3v) is 4.93. The van der Waals surface area contributed by atoms with Gasteiger partial charge in [0.25, 0.3) is 5.91 Å². The van der Waals surface area contributed by atoms with E-state index in [1.54, 1.807) is 11.8 Å². The summed E-state index contributed by atoms with van der Waals surface area (Å²) in [5, 5.41) is 0. The highest BCUT2D eigenvalue weighted by Gasteiger charge is 2.26. The Hall–Kier alpha value is -1.78. The van der Waals surface area contributed by atoms with Crippen LogP contribution in [0.3, 0.4) is 0 Å². The highest BCUT2D eigenvalue weighted by molar-refractivity contribution is 7.98. The zero-order chi connectivity index (χ0) is 16.2. The average Bonchev–Trinajstić information content (AvgIpc) is 2.62. The Balaban J connectivity index is 1.80. The molecule has 0 saturated carbocycles. The predicted molar refractivity (Wildman–Crippen MR) is 94.0 cm³/mol. The van der Waals surface area contributed by atoms with Gasteiger partial charge in [-0.15, -0.1) is 11.8 Å². The number of ether oxygens (including phenoxy) is 1. The van der Waals surface area contributed by atoms with Crippen LogP contribution in [0.2, 0.25) is 0 Å². The molecular weight excluding hydrogens is 306 g/mol. The fourth-order valence-corrected chi connectivity index (χ4v) is 3.27. The van der Waals surface area contributed by atoms with Crippen molar-refractivity contribution in [2.24, 2.45) is 0 Å². The van der Waals surface area contributed by atoms with E-state index in [1.807, 2.05) is 48.4 Å². The van der Waals surface area contributed by atoms with E-state index in [2.05, 4.69) is 18.2 Å². The molecule has 2 aromatic carbocycles. The molecule has 0 radical (unpaired) electrons. The number of thioether (sulfide) groups is 1. The fraction of sp³-hybridized carbons (Fsp3) is 0.316. The maximum Gasteiger partial charge on any atom is 0.254 e. The van der Waals surface area contributed by atoms with Crippen molar-refractivity contribution in [1.29, 1.82) is 0 Å². The summed E-state index contributed by atoms with van der Waals surface area (Å²) < 4.78 is 5.86. The molecule has 3 rings (SSSR count). The molecule has 1 aliphatic rings. The maximum atomic E-state index is 12.9. The molecule has 1 atom stereocenters. The summed E-state index contributed by atoms with van der Waals surface area (Å²) in [6.45, 7) is 3.82. The maximum absolute atomic E-state index is 12.9. The van der Waals surface area contributed by atoms with Crippen LogP contribution in [0.5, 0.6) is 0 Å². The van der Waals surface area contributed by atoms with E-state index in [4.69, 9.17) is 4.74 Å². The number of rotatable bonds is 3. The Kier molecular flexibility index (Phi) is 5.03. The molecule has 1 aliphatic heterocycles. The summed E-state index contributed by atoms with van der Waals surface area (Å²) in [5.74, 6) is 0.0997. The van der Waals surface area contributed by atoms with Crippen molar-refractivity contribution in [2.75, 3.05) is 26.0 Å². The minimum absolute atomic E-state index is 0.0436. The average molecular weight is 327 g/mol. The fourth-order valence-electron chi connectivity index (χ4n) is 2.83. The Morgan fingerprint density at radius 2 is 2.00 bits per heavy atom. The van der Waals surface area contributed by atoms with Gasteiger partial charge in [0.1, 0.15) is 6.10 Å². The zero-order valence-electron chi connectivity index (χ0n) is 13.5. The lowest BCUT2D eigenvalue weighted by atomic mass is 10.0. The van der Waals surface area contributed by atoms with Crippen LogP contribution in [-0.2, 0) is 4.74 Å². The molecule has 0 N–H and O–H groups in total. The third-order valence-electron chi connectivity index (χ3n) is 4.20. The molecule has 120 valence electrons. The molecule has 0 bridgehead atoms. The van der Waals surface area contributed by atoms with E-state index in [0.29, 0.717) is 19.7 Å². The smallest absolute Gasteiger partial charge is 0.254 e. The number of morpholine rings is 1. The summed E-state index contributed by atoms with van der Waals surface area (Å²) >= 11 is 1.66. The molecule has 1 fully saturated rings. The number of hydrogen-bond acceptors (Lipinski definition) is 3. The predicted octanol–water partition coefficient (Wildman–Crippen LogP) is 3.93. The number of amides is 1. The summed E-state index contributed by atoms with van der Waals surface area (Å²) in [4.78, 5) is 16.0. The lowest BCUT2D eigenvalue weighted by Crippen LogP contribution is -2.42. The molecule has 2 aromatic rings. The van der Waals surface area contributed by atoms with Crippen molar-refractivity contribution < 1.29 is 9.53 Å².